The van der Waals surface area contributed by atoms with Crippen LogP contribution in [0.1, 0.15) is 38.7 Å². The van der Waals surface area contributed by atoms with Crippen molar-refractivity contribution in [1.29, 1.82) is 0 Å². The van der Waals surface area contributed by atoms with E-state index in [2.05, 4.69) is 33.6 Å². The molecule has 1 aliphatic carbocycles. The Bertz CT molecular complexity index is 632. The molecule has 2 fully saturated rings. The van der Waals surface area contributed by atoms with Gasteiger partial charge in [-0.3, -0.25) is 19.6 Å². The smallest absolute Gasteiger partial charge is 0.314 e. The van der Waals surface area contributed by atoms with Crippen LogP contribution in [0.4, 0.5) is 0 Å². The second-order valence-electron chi connectivity index (χ2n) is 7.44. The van der Waals surface area contributed by atoms with Crippen LogP contribution >= 0.6 is 0 Å². The monoisotopic (exact) mass is 320 g/mol. The fraction of sp³-hybridized carbons (Fsp3) is 0.765. The van der Waals surface area contributed by atoms with E-state index in [0.717, 1.165) is 32.0 Å². The number of aromatic nitrogens is 2. The number of hydrogen-bond acceptors (Lipinski definition) is 4. The van der Waals surface area contributed by atoms with Crippen molar-refractivity contribution in [3.05, 3.63) is 32.6 Å². The van der Waals surface area contributed by atoms with Crippen LogP contribution in [0.25, 0.3) is 0 Å². The molecular weight excluding hydrogens is 292 g/mol. The van der Waals surface area contributed by atoms with E-state index in [1.54, 1.807) is 6.20 Å². The first-order valence-electron chi connectivity index (χ1n) is 8.80. The Morgan fingerprint density at radius 3 is 2.70 bits per heavy atom. The molecule has 0 spiro atoms. The standard InChI is InChI=1S/C17H28N4O2/c1-12(2)15-11-20(6-3-7-21(15)9-13-4-5-13)10-14-8-18-17(23)19-16(14)22/h8,12-13,15H,3-7,9-11H2,1-2H3,(H2,18,19,22,23). The molecule has 6 heteroatoms. The summed E-state index contributed by atoms with van der Waals surface area (Å²) in [4.78, 5) is 33.0. The number of nitrogens with zero attached hydrogens (tertiary/aromatic N) is 2. The maximum atomic E-state index is 11.9. The van der Waals surface area contributed by atoms with Crippen LogP contribution in [0.3, 0.4) is 0 Å². The third-order valence-corrected chi connectivity index (χ3v) is 5.08. The lowest BCUT2D eigenvalue weighted by Gasteiger charge is -2.34. The van der Waals surface area contributed by atoms with Crippen molar-refractivity contribution in [1.82, 2.24) is 19.8 Å². The molecule has 1 saturated heterocycles. The Morgan fingerprint density at radius 2 is 2.04 bits per heavy atom. The first-order valence-corrected chi connectivity index (χ1v) is 8.80. The number of H-pyrrole nitrogens is 2. The van der Waals surface area contributed by atoms with Gasteiger partial charge < -0.3 is 4.98 Å². The minimum atomic E-state index is -0.440. The van der Waals surface area contributed by atoms with Gasteiger partial charge in [0.1, 0.15) is 0 Å². The van der Waals surface area contributed by atoms with Gasteiger partial charge in [-0.05, 0) is 44.2 Å². The van der Waals surface area contributed by atoms with Crippen LogP contribution in [-0.2, 0) is 6.54 Å². The topological polar surface area (TPSA) is 72.2 Å². The first-order chi connectivity index (χ1) is 11.0. The molecule has 1 unspecified atom stereocenters. The summed E-state index contributed by atoms with van der Waals surface area (Å²) in [6, 6.07) is 0.542. The fourth-order valence-electron chi connectivity index (χ4n) is 3.57. The highest BCUT2D eigenvalue weighted by atomic mass is 16.2. The molecule has 0 bridgehead atoms. The molecule has 23 heavy (non-hydrogen) atoms. The van der Waals surface area contributed by atoms with Crippen LogP contribution in [-0.4, -0.2) is 52.0 Å². The summed E-state index contributed by atoms with van der Waals surface area (Å²) in [5.74, 6) is 1.51. The van der Waals surface area contributed by atoms with Gasteiger partial charge in [0.25, 0.3) is 5.56 Å². The molecule has 2 heterocycles. The molecule has 2 aliphatic rings. The summed E-state index contributed by atoms with van der Waals surface area (Å²) >= 11 is 0. The zero-order chi connectivity index (χ0) is 16.4. The van der Waals surface area contributed by atoms with Crippen LogP contribution in [0, 0.1) is 11.8 Å². The lowest BCUT2D eigenvalue weighted by molar-refractivity contribution is 0.131. The van der Waals surface area contributed by atoms with Crippen LogP contribution in [0.15, 0.2) is 15.8 Å². The van der Waals surface area contributed by atoms with Gasteiger partial charge in [-0.25, -0.2) is 4.79 Å². The van der Waals surface area contributed by atoms with Crippen molar-refractivity contribution in [2.75, 3.05) is 26.2 Å². The number of aromatic amines is 2. The van der Waals surface area contributed by atoms with Crippen LogP contribution < -0.4 is 11.2 Å². The second-order valence-corrected chi connectivity index (χ2v) is 7.44. The average Bonchev–Trinajstić information content (AvgIpc) is 3.30. The fourth-order valence-corrected chi connectivity index (χ4v) is 3.57. The van der Waals surface area contributed by atoms with Crippen LogP contribution in [0.2, 0.25) is 0 Å². The summed E-state index contributed by atoms with van der Waals surface area (Å²) in [7, 11) is 0. The Balaban J connectivity index is 1.70. The second kappa shape index (κ2) is 7.01. The summed E-state index contributed by atoms with van der Waals surface area (Å²) in [6.07, 6.45) is 5.46. The van der Waals surface area contributed by atoms with E-state index in [9.17, 15) is 9.59 Å². The Kier molecular flexibility index (Phi) is 5.02. The van der Waals surface area contributed by atoms with E-state index in [-0.39, 0.29) is 5.56 Å². The summed E-state index contributed by atoms with van der Waals surface area (Å²) in [5.41, 5.74) is -0.0676. The third-order valence-electron chi connectivity index (χ3n) is 5.08. The normalized spacial score (nSPS) is 24.0. The van der Waals surface area contributed by atoms with Crippen molar-refractivity contribution in [2.45, 2.75) is 45.7 Å². The van der Waals surface area contributed by atoms with E-state index < -0.39 is 5.69 Å². The zero-order valence-electron chi connectivity index (χ0n) is 14.2. The maximum Gasteiger partial charge on any atom is 0.325 e. The number of rotatable bonds is 5. The highest BCUT2D eigenvalue weighted by Crippen LogP contribution is 2.31. The molecule has 0 aromatic carbocycles. The van der Waals surface area contributed by atoms with Gasteiger partial charge in [-0.1, -0.05) is 13.8 Å². The van der Waals surface area contributed by atoms with Crippen LogP contribution in [0.5, 0.6) is 0 Å². The van der Waals surface area contributed by atoms with E-state index in [1.807, 2.05) is 0 Å². The van der Waals surface area contributed by atoms with E-state index >= 15 is 0 Å². The lowest BCUT2D eigenvalue weighted by Crippen LogP contribution is -2.45. The highest BCUT2D eigenvalue weighted by Gasteiger charge is 2.32. The van der Waals surface area contributed by atoms with Gasteiger partial charge in [-0.15, -0.1) is 0 Å². The van der Waals surface area contributed by atoms with Crippen molar-refractivity contribution in [3.8, 4) is 0 Å². The largest absolute Gasteiger partial charge is 0.325 e. The molecule has 1 aromatic rings. The Hall–Kier alpha value is -1.40. The number of nitrogens with one attached hydrogen (secondary N) is 2. The highest BCUT2D eigenvalue weighted by molar-refractivity contribution is 5.03. The molecule has 0 amide bonds. The molecule has 0 radical (unpaired) electrons. The minimum Gasteiger partial charge on any atom is -0.314 e. The van der Waals surface area contributed by atoms with E-state index in [4.69, 9.17) is 0 Å². The van der Waals surface area contributed by atoms with Gasteiger partial charge in [-0.2, -0.15) is 0 Å². The van der Waals surface area contributed by atoms with E-state index in [1.165, 1.54) is 19.4 Å². The maximum absolute atomic E-state index is 11.9. The lowest BCUT2D eigenvalue weighted by atomic mass is 10.0. The van der Waals surface area contributed by atoms with Crippen molar-refractivity contribution >= 4 is 0 Å². The minimum absolute atomic E-state index is 0.270. The molecule has 1 atom stereocenters. The van der Waals surface area contributed by atoms with Crippen molar-refractivity contribution < 1.29 is 0 Å². The van der Waals surface area contributed by atoms with Gasteiger partial charge in [0.2, 0.25) is 0 Å². The van der Waals surface area contributed by atoms with Gasteiger partial charge in [0.15, 0.2) is 0 Å². The molecule has 1 aromatic heterocycles. The summed E-state index contributed by atoms with van der Waals surface area (Å²) < 4.78 is 0. The van der Waals surface area contributed by atoms with Gasteiger partial charge >= 0.3 is 5.69 Å². The zero-order valence-corrected chi connectivity index (χ0v) is 14.2. The van der Waals surface area contributed by atoms with Crippen molar-refractivity contribution in [2.24, 2.45) is 11.8 Å². The van der Waals surface area contributed by atoms with E-state index in [0.29, 0.717) is 24.1 Å². The van der Waals surface area contributed by atoms with Gasteiger partial charge in [0, 0.05) is 37.4 Å². The first kappa shape index (κ1) is 16.5. The average molecular weight is 320 g/mol. The molecule has 128 valence electrons. The van der Waals surface area contributed by atoms with Gasteiger partial charge in [0.05, 0.1) is 0 Å². The summed E-state index contributed by atoms with van der Waals surface area (Å²) in [6.45, 7) is 9.56. The SMILES string of the molecule is CC(C)C1CN(Cc2c[nH]c(=O)[nH]c2=O)CCCN1CC1CC1. The predicted molar refractivity (Wildman–Crippen MR) is 90.5 cm³/mol. The van der Waals surface area contributed by atoms with Crippen molar-refractivity contribution in [3.63, 3.8) is 0 Å². The quantitative estimate of drug-likeness (QED) is 0.849. The predicted octanol–water partition coefficient (Wildman–Crippen LogP) is 1.01. The Morgan fingerprint density at radius 1 is 1.26 bits per heavy atom. The molecule has 6 nitrogen and oxygen atoms in total. The molecule has 1 saturated carbocycles. The molecular formula is C17H28N4O2. The molecule has 2 N–H and O–H groups in total. The molecule has 1 aliphatic heterocycles. The molecule has 3 rings (SSSR count). The number of hydrogen-bond donors (Lipinski definition) is 2. The third kappa shape index (κ3) is 4.32. The Labute approximate surface area is 136 Å². The summed E-state index contributed by atoms with van der Waals surface area (Å²) in [5, 5.41) is 0.